The summed E-state index contributed by atoms with van der Waals surface area (Å²) in [6.07, 6.45) is 3.03. The summed E-state index contributed by atoms with van der Waals surface area (Å²) in [5.41, 5.74) is 5.24. The summed E-state index contributed by atoms with van der Waals surface area (Å²) in [5.74, 6) is -0.253. The maximum Gasteiger partial charge on any atom is 0.439 e. The topological polar surface area (TPSA) is 87.6 Å². The maximum absolute atomic E-state index is 11.2. The lowest BCUT2D eigenvalue weighted by atomic mass is 9.96. The van der Waals surface area contributed by atoms with Crippen LogP contribution in [0, 0.1) is 0 Å². The quantitative estimate of drug-likeness (QED) is 0.555. The molecule has 4 aromatic rings. The Morgan fingerprint density at radius 2 is 2.07 bits per heavy atom. The Morgan fingerprint density at radius 1 is 1.22 bits per heavy atom. The molecule has 0 atom stereocenters. The van der Waals surface area contributed by atoms with E-state index in [1.807, 2.05) is 24.3 Å². The lowest BCUT2D eigenvalue weighted by Crippen LogP contribution is -2.05. The molecule has 1 aliphatic carbocycles. The molecule has 0 unspecified atom stereocenters. The van der Waals surface area contributed by atoms with Gasteiger partial charge in [-0.15, -0.1) is 0 Å². The van der Waals surface area contributed by atoms with Gasteiger partial charge in [0, 0.05) is 39.1 Å². The van der Waals surface area contributed by atoms with Crippen molar-refractivity contribution in [3.8, 4) is 11.5 Å². The third kappa shape index (κ3) is 2.86. The van der Waals surface area contributed by atoms with Crippen LogP contribution in [0.4, 0.5) is 0 Å². The second kappa shape index (κ2) is 5.82. The first-order valence-electron chi connectivity index (χ1n) is 8.85. The standard InChI is InChI=1S/C20H17ClN4O2/c1-20(7-8-20)17-14(13-6-5-11(21)9-16(13)23-17)10-12-3-2-4-15(22-12)18-24-19(26)27-25-18/h2-6,9,23H,7-8,10H2,1H3,(H,24,25,26). The van der Waals surface area contributed by atoms with Crippen molar-refractivity contribution >= 4 is 22.5 Å². The molecule has 1 fully saturated rings. The van der Waals surface area contributed by atoms with E-state index in [1.165, 1.54) is 29.5 Å². The van der Waals surface area contributed by atoms with E-state index in [1.54, 1.807) is 6.07 Å². The number of benzene rings is 1. The molecule has 0 amide bonds. The van der Waals surface area contributed by atoms with Crippen molar-refractivity contribution in [1.82, 2.24) is 20.1 Å². The van der Waals surface area contributed by atoms with Gasteiger partial charge < -0.3 is 4.98 Å². The SMILES string of the molecule is CC1(c2[nH]c3cc(Cl)ccc3c2Cc2cccc(-c3noc(=O)[nH]3)n2)CC1. The Morgan fingerprint density at radius 3 is 2.81 bits per heavy atom. The predicted octanol–water partition coefficient (Wildman–Crippen LogP) is 4.20. The molecule has 3 heterocycles. The van der Waals surface area contributed by atoms with E-state index < -0.39 is 5.76 Å². The second-order valence-corrected chi connectivity index (χ2v) is 7.80. The maximum atomic E-state index is 11.2. The molecule has 136 valence electrons. The number of pyridine rings is 1. The average molecular weight is 381 g/mol. The predicted molar refractivity (Wildman–Crippen MR) is 103 cm³/mol. The van der Waals surface area contributed by atoms with E-state index in [-0.39, 0.29) is 5.41 Å². The normalized spacial score (nSPS) is 15.3. The van der Waals surface area contributed by atoms with E-state index >= 15 is 0 Å². The van der Waals surface area contributed by atoms with Crippen LogP contribution >= 0.6 is 11.6 Å². The summed E-state index contributed by atoms with van der Waals surface area (Å²) >= 11 is 6.18. The largest absolute Gasteiger partial charge is 0.439 e. The minimum absolute atomic E-state index is 0.190. The first-order valence-corrected chi connectivity index (χ1v) is 9.22. The molecule has 7 heteroatoms. The number of nitrogens with zero attached hydrogens (tertiary/aromatic N) is 2. The van der Waals surface area contributed by atoms with Crippen LogP contribution in [0.25, 0.3) is 22.4 Å². The van der Waals surface area contributed by atoms with Crippen LogP contribution in [-0.4, -0.2) is 20.1 Å². The van der Waals surface area contributed by atoms with E-state index in [0.29, 0.717) is 17.9 Å². The second-order valence-electron chi connectivity index (χ2n) is 7.36. The molecule has 0 saturated heterocycles. The highest BCUT2D eigenvalue weighted by molar-refractivity contribution is 6.31. The van der Waals surface area contributed by atoms with Gasteiger partial charge in [0.15, 0.2) is 0 Å². The Hall–Kier alpha value is -2.86. The summed E-state index contributed by atoms with van der Waals surface area (Å²) in [6, 6.07) is 11.7. The summed E-state index contributed by atoms with van der Waals surface area (Å²) in [6.45, 7) is 2.28. The van der Waals surface area contributed by atoms with Crippen LogP contribution < -0.4 is 5.76 Å². The highest BCUT2D eigenvalue weighted by Gasteiger charge is 2.42. The molecule has 0 aliphatic heterocycles. The van der Waals surface area contributed by atoms with Crippen molar-refractivity contribution in [2.45, 2.75) is 31.6 Å². The summed E-state index contributed by atoms with van der Waals surface area (Å²) in [4.78, 5) is 22.0. The first-order chi connectivity index (χ1) is 13.0. The zero-order chi connectivity index (χ0) is 18.6. The molecule has 27 heavy (non-hydrogen) atoms. The van der Waals surface area contributed by atoms with Gasteiger partial charge in [0.05, 0.1) is 0 Å². The van der Waals surface area contributed by atoms with Crippen molar-refractivity contribution in [3.63, 3.8) is 0 Å². The van der Waals surface area contributed by atoms with E-state index in [2.05, 4.69) is 37.6 Å². The fourth-order valence-electron chi connectivity index (χ4n) is 3.60. The van der Waals surface area contributed by atoms with E-state index in [9.17, 15) is 4.79 Å². The molecule has 2 N–H and O–H groups in total. The fraction of sp³-hybridized carbons (Fsp3) is 0.250. The van der Waals surface area contributed by atoms with Crippen LogP contribution in [0.3, 0.4) is 0 Å². The van der Waals surface area contributed by atoms with Crippen molar-refractivity contribution in [1.29, 1.82) is 0 Å². The van der Waals surface area contributed by atoms with E-state index in [4.69, 9.17) is 11.6 Å². The molecule has 6 nitrogen and oxygen atoms in total. The molecular weight excluding hydrogens is 364 g/mol. The van der Waals surface area contributed by atoms with Gasteiger partial charge in [0.2, 0.25) is 5.82 Å². The van der Waals surface area contributed by atoms with Gasteiger partial charge in [-0.25, -0.2) is 9.78 Å². The van der Waals surface area contributed by atoms with Crippen molar-refractivity contribution < 1.29 is 4.52 Å². The first kappa shape index (κ1) is 16.3. The smallest absolute Gasteiger partial charge is 0.358 e. The van der Waals surface area contributed by atoms with Gasteiger partial charge in [0.25, 0.3) is 0 Å². The molecule has 3 aromatic heterocycles. The third-order valence-electron chi connectivity index (χ3n) is 5.32. The minimum atomic E-state index is -0.588. The van der Waals surface area contributed by atoms with Gasteiger partial charge in [-0.1, -0.05) is 35.8 Å². The Kier molecular flexibility index (Phi) is 3.52. The van der Waals surface area contributed by atoms with Crippen LogP contribution in [-0.2, 0) is 11.8 Å². The van der Waals surface area contributed by atoms with Crippen molar-refractivity contribution in [3.05, 3.63) is 68.9 Å². The number of H-pyrrole nitrogens is 2. The van der Waals surface area contributed by atoms with Crippen molar-refractivity contribution in [2.24, 2.45) is 0 Å². The van der Waals surface area contributed by atoms with E-state index in [0.717, 1.165) is 16.2 Å². The Labute approximate surface area is 159 Å². The van der Waals surface area contributed by atoms with Crippen LogP contribution in [0.5, 0.6) is 0 Å². The number of aromatic nitrogens is 4. The molecule has 0 spiro atoms. The third-order valence-corrected chi connectivity index (χ3v) is 5.55. The summed E-state index contributed by atoms with van der Waals surface area (Å²) < 4.78 is 4.59. The molecule has 0 bridgehead atoms. The highest BCUT2D eigenvalue weighted by atomic mass is 35.5. The van der Waals surface area contributed by atoms with Crippen LogP contribution in [0.1, 0.15) is 36.7 Å². The highest BCUT2D eigenvalue weighted by Crippen LogP contribution is 2.50. The van der Waals surface area contributed by atoms with Gasteiger partial charge in [0.1, 0.15) is 5.69 Å². The number of fused-ring (bicyclic) bond motifs is 1. The lowest BCUT2D eigenvalue weighted by molar-refractivity contribution is 0.387. The van der Waals surface area contributed by atoms with Crippen LogP contribution in [0.15, 0.2) is 45.7 Å². The Bertz CT molecular complexity index is 1220. The van der Waals surface area contributed by atoms with Gasteiger partial charge in [-0.05, 0) is 42.7 Å². The summed E-state index contributed by atoms with van der Waals surface area (Å²) in [5, 5.41) is 5.62. The zero-order valence-corrected chi connectivity index (χ0v) is 15.4. The summed E-state index contributed by atoms with van der Waals surface area (Å²) in [7, 11) is 0. The van der Waals surface area contributed by atoms with Gasteiger partial charge >= 0.3 is 5.76 Å². The molecule has 1 saturated carbocycles. The van der Waals surface area contributed by atoms with Crippen molar-refractivity contribution in [2.75, 3.05) is 0 Å². The molecule has 0 radical (unpaired) electrons. The number of nitrogens with one attached hydrogen (secondary N) is 2. The number of halogens is 1. The molecule has 1 aromatic carbocycles. The average Bonchev–Trinajstić information content (AvgIpc) is 3.09. The molecule has 1 aliphatic rings. The number of hydrogen-bond acceptors (Lipinski definition) is 4. The monoisotopic (exact) mass is 380 g/mol. The lowest BCUT2D eigenvalue weighted by Gasteiger charge is -2.11. The number of aromatic amines is 2. The minimum Gasteiger partial charge on any atom is -0.358 e. The molecule has 5 rings (SSSR count). The number of hydrogen-bond donors (Lipinski definition) is 2. The fourth-order valence-corrected chi connectivity index (χ4v) is 3.77. The Balaban J connectivity index is 1.59. The molecular formula is C20H17ClN4O2. The number of rotatable bonds is 4. The van der Waals surface area contributed by atoms with Gasteiger partial charge in [-0.3, -0.25) is 9.51 Å². The van der Waals surface area contributed by atoms with Crippen LogP contribution in [0.2, 0.25) is 5.02 Å². The van der Waals surface area contributed by atoms with Gasteiger partial charge in [-0.2, -0.15) is 0 Å². The zero-order valence-electron chi connectivity index (χ0n) is 14.7.